The lowest BCUT2D eigenvalue weighted by Gasteiger charge is -2.22. The van der Waals surface area contributed by atoms with Gasteiger partial charge >= 0.3 is 0 Å². The van der Waals surface area contributed by atoms with Gasteiger partial charge in [-0.05, 0) is 44.4 Å². The molecular weight excluding hydrogens is 296 g/mol. The lowest BCUT2D eigenvalue weighted by atomic mass is 9.96. The van der Waals surface area contributed by atoms with Gasteiger partial charge in [0.15, 0.2) is 0 Å². The summed E-state index contributed by atoms with van der Waals surface area (Å²) >= 11 is 0. The predicted octanol–water partition coefficient (Wildman–Crippen LogP) is 3.65. The number of rotatable bonds is 5. The minimum absolute atomic E-state index is 0.0984. The van der Waals surface area contributed by atoms with Crippen molar-refractivity contribution in [3.8, 4) is 0 Å². The summed E-state index contributed by atoms with van der Waals surface area (Å²) in [6.45, 7) is 5.19. The second-order valence-corrected chi connectivity index (χ2v) is 6.83. The number of hydrogen-bond donors (Lipinski definition) is 2. The lowest BCUT2D eigenvalue weighted by molar-refractivity contribution is -0.122. The Hall–Kier alpha value is -2.13. The van der Waals surface area contributed by atoms with Crippen LogP contribution in [-0.2, 0) is 4.79 Å². The maximum atomic E-state index is 12.6. The van der Waals surface area contributed by atoms with E-state index in [1.54, 1.807) is 0 Å². The van der Waals surface area contributed by atoms with Crippen LogP contribution in [-0.4, -0.2) is 18.5 Å². The molecule has 126 valence electrons. The average molecular weight is 322 g/mol. The normalized spacial score (nSPS) is 17.2. The van der Waals surface area contributed by atoms with Crippen LogP contribution in [0.25, 0.3) is 0 Å². The third kappa shape index (κ3) is 4.24. The standard InChI is InChI=1S/C21H26N2O/c1-15-6-3-8-17(12-15)21(18-9-4-7-16(2)13-18)23-20(24)14-19-10-5-11-22-19/h3-4,6-9,12-13,19,21-22H,5,10-11,14H2,1-2H3,(H,23,24). The smallest absolute Gasteiger partial charge is 0.222 e. The largest absolute Gasteiger partial charge is 0.345 e. The van der Waals surface area contributed by atoms with Crippen LogP contribution in [0.2, 0.25) is 0 Å². The first kappa shape index (κ1) is 16.7. The van der Waals surface area contributed by atoms with Crippen LogP contribution in [0, 0.1) is 13.8 Å². The molecule has 1 unspecified atom stereocenters. The van der Waals surface area contributed by atoms with Crippen molar-refractivity contribution in [3.05, 3.63) is 70.8 Å². The van der Waals surface area contributed by atoms with Crippen molar-refractivity contribution in [2.24, 2.45) is 0 Å². The number of hydrogen-bond acceptors (Lipinski definition) is 2. The Bertz CT molecular complexity index is 659. The van der Waals surface area contributed by atoms with E-state index in [1.165, 1.54) is 11.1 Å². The summed E-state index contributed by atoms with van der Waals surface area (Å²) in [7, 11) is 0. The monoisotopic (exact) mass is 322 g/mol. The second kappa shape index (κ2) is 7.63. The predicted molar refractivity (Wildman–Crippen MR) is 98.0 cm³/mol. The van der Waals surface area contributed by atoms with E-state index < -0.39 is 0 Å². The van der Waals surface area contributed by atoms with Gasteiger partial charge in [-0.3, -0.25) is 4.79 Å². The molecule has 0 aromatic heterocycles. The molecule has 0 spiro atoms. The molecule has 24 heavy (non-hydrogen) atoms. The van der Waals surface area contributed by atoms with Crippen LogP contribution in [0.4, 0.5) is 0 Å². The number of aryl methyl sites for hydroxylation is 2. The first-order valence-corrected chi connectivity index (χ1v) is 8.78. The van der Waals surface area contributed by atoms with Crippen LogP contribution in [0.3, 0.4) is 0 Å². The first-order valence-electron chi connectivity index (χ1n) is 8.78. The highest BCUT2D eigenvalue weighted by atomic mass is 16.1. The second-order valence-electron chi connectivity index (χ2n) is 6.83. The molecule has 3 nitrogen and oxygen atoms in total. The highest BCUT2D eigenvalue weighted by Gasteiger charge is 2.21. The zero-order valence-electron chi connectivity index (χ0n) is 14.5. The fourth-order valence-electron chi connectivity index (χ4n) is 3.43. The number of nitrogens with one attached hydrogen (secondary N) is 2. The topological polar surface area (TPSA) is 41.1 Å². The van der Waals surface area contributed by atoms with Crippen molar-refractivity contribution in [2.45, 2.75) is 45.2 Å². The third-order valence-electron chi connectivity index (χ3n) is 4.65. The molecular formula is C21H26N2O. The van der Waals surface area contributed by atoms with E-state index in [2.05, 4.69) is 73.0 Å². The van der Waals surface area contributed by atoms with E-state index in [-0.39, 0.29) is 11.9 Å². The van der Waals surface area contributed by atoms with Gasteiger partial charge in [0.2, 0.25) is 5.91 Å². The minimum Gasteiger partial charge on any atom is -0.345 e. The van der Waals surface area contributed by atoms with Crippen molar-refractivity contribution < 1.29 is 4.79 Å². The van der Waals surface area contributed by atoms with Crippen molar-refractivity contribution in [2.75, 3.05) is 6.54 Å². The maximum absolute atomic E-state index is 12.6. The Morgan fingerprint density at radius 1 is 1.12 bits per heavy atom. The molecule has 2 aromatic carbocycles. The Kier molecular flexibility index (Phi) is 5.31. The summed E-state index contributed by atoms with van der Waals surface area (Å²) in [5, 5.41) is 6.65. The van der Waals surface area contributed by atoms with Crippen LogP contribution in [0.1, 0.15) is 47.6 Å². The summed E-state index contributed by atoms with van der Waals surface area (Å²) in [6.07, 6.45) is 2.80. The Balaban J connectivity index is 1.83. The van der Waals surface area contributed by atoms with Crippen LogP contribution < -0.4 is 10.6 Å². The number of benzene rings is 2. The van der Waals surface area contributed by atoms with Crippen molar-refractivity contribution in [3.63, 3.8) is 0 Å². The van der Waals surface area contributed by atoms with E-state index in [0.717, 1.165) is 30.5 Å². The summed E-state index contributed by atoms with van der Waals surface area (Å²) in [4.78, 5) is 12.6. The fraction of sp³-hybridized carbons (Fsp3) is 0.381. The van der Waals surface area contributed by atoms with E-state index >= 15 is 0 Å². The van der Waals surface area contributed by atoms with Gasteiger partial charge in [-0.2, -0.15) is 0 Å². The first-order chi connectivity index (χ1) is 11.6. The van der Waals surface area contributed by atoms with Crippen molar-refractivity contribution in [1.29, 1.82) is 0 Å². The average Bonchev–Trinajstić information content (AvgIpc) is 3.05. The Morgan fingerprint density at radius 2 is 1.75 bits per heavy atom. The van der Waals surface area contributed by atoms with Gasteiger partial charge < -0.3 is 10.6 Å². The summed E-state index contributed by atoms with van der Waals surface area (Å²) in [5.41, 5.74) is 4.68. The van der Waals surface area contributed by atoms with Crippen molar-refractivity contribution >= 4 is 5.91 Å². The fourth-order valence-corrected chi connectivity index (χ4v) is 3.43. The molecule has 2 aromatic rings. The van der Waals surface area contributed by atoms with Crippen LogP contribution in [0.5, 0.6) is 0 Å². The molecule has 1 fully saturated rings. The number of amides is 1. The maximum Gasteiger partial charge on any atom is 0.222 e. The van der Waals surface area contributed by atoms with Gasteiger partial charge in [0.25, 0.3) is 0 Å². The zero-order chi connectivity index (χ0) is 16.9. The number of carbonyl (C=O) groups is 1. The molecule has 0 aliphatic carbocycles. The third-order valence-corrected chi connectivity index (χ3v) is 4.65. The van der Waals surface area contributed by atoms with Gasteiger partial charge in [-0.25, -0.2) is 0 Å². The van der Waals surface area contributed by atoms with Crippen LogP contribution >= 0.6 is 0 Å². The van der Waals surface area contributed by atoms with E-state index in [9.17, 15) is 4.79 Å². The molecule has 1 aliphatic heterocycles. The molecule has 1 saturated heterocycles. The number of carbonyl (C=O) groups excluding carboxylic acids is 1. The molecule has 3 heteroatoms. The van der Waals surface area contributed by atoms with Gasteiger partial charge in [-0.1, -0.05) is 59.7 Å². The van der Waals surface area contributed by atoms with E-state index in [1.807, 2.05) is 0 Å². The molecule has 1 atom stereocenters. The van der Waals surface area contributed by atoms with Crippen LogP contribution in [0.15, 0.2) is 48.5 Å². The highest BCUT2D eigenvalue weighted by Crippen LogP contribution is 2.24. The molecule has 1 aliphatic rings. The van der Waals surface area contributed by atoms with Gasteiger partial charge in [0.05, 0.1) is 6.04 Å². The summed E-state index contributed by atoms with van der Waals surface area (Å²) in [5.74, 6) is 0.113. The zero-order valence-corrected chi connectivity index (χ0v) is 14.5. The highest BCUT2D eigenvalue weighted by molar-refractivity contribution is 5.77. The van der Waals surface area contributed by atoms with Gasteiger partial charge in [-0.15, -0.1) is 0 Å². The van der Waals surface area contributed by atoms with Gasteiger partial charge in [0, 0.05) is 12.5 Å². The molecule has 0 radical (unpaired) electrons. The Morgan fingerprint density at radius 3 is 2.25 bits per heavy atom. The quantitative estimate of drug-likeness (QED) is 0.882. The molecule has 2 N–H and O–H groups in total. The molecule has 1 heterocycles. The summed E-state index contributed by atoms with van der Waals surface area (Å²) < 4.78 is 0. The Labute approximate surface area is 144 Å². The minimum atomic E-state index is -0.0984. The van der Waals surface area contributed by atoms with Gasteiger partial charge in [0.1, 0.15) is 0 Å². The molecule has 1 amide bonds. The molecule has 3 rings (SSSR count). The SMILES string of the molecule is Cc1cccc(C(NC(=O)CC2CCCN2)c2cccc(C)c2)c1. The van der Waals surface area contributed by atoms with E-state index in [4.69, 9.17) is 0 Å². The van der Waals surface area contributed by atoms with E-state index in [0.29, 0.717) is 12.5 Å². The molecule has 0 bridgehead atoms. The lowest BCUT2D eigenvalue weighted by Crippen LogP contribution is -2.34. The summed E-state index contributed by atoms with van der Waals surface area (Å²) in [6, 6.07) is 17.0. The van der Waals surface area contributed by atoms with Crippen molar-refractivity contribution in [1.82, 2.24) is 10.6 Å². The molecule has 0 saturated carbocycles.